The summed E-state index contributed by atoms with van der Waals surface area (Å²) >= 11 is 0. The van der Waals surface area contributed by atoms with Crippen molar-refractivity contribution in [2.75, 3.05) is 65.5 Å². The number of nitrogens with one attached hydrogen (secondary N) is 1. The molecule has 0 aromatic heterocycles. The van der Waals surface area contributed by atoms with Crippen LogP contribution in [0.25, 0.3) is 0 Å². The fourth-order valence-corrected chi connectivity index (χ4v) is 2.01. The van der Waals surface area contributed by atoms with Gasteiger partial charge < -0.3 is 21.9 Å². The van der Waals surface area contributed by atoms with Crippen LogP contribution in [0.1, 0.15) is 0 Å². The molecule has 0 aromatic rings. The third kappa shape index (κ3) is 6.75. The Morgan fingerprint density at radius 3 is 2.22 bits per heavy atom. The van der Waals surface area contributed by atoms with Crippen molar-refractivity contribution in [1.29, 1.82) is 0 Å². The maximum atomic E-state index is 9.00. The van der Waals surface area contributed by atoms with Crippen molar-refractivity contribution in [2.45, 2.75) is 0 Å². The van der Waals surface area contributed by atoms with Gasteiger partial charge in [-0.1, -0.05) is 0 Å². The van der Waals surface area contributed by atoms with E-state index in [2.05, 4.69) is 20.1 Å². The normalized spacial score (nSPS) is 19.8. The van der Waals surface area contributed by atoms with Crippen LogP contribution in [0, 0.1) is 0 Å². The number of nitrogens with zero attached hydrogens (tertiary/aromatic N) is 3. The second-order valence-corrected chi connectivity index (χ2v) is 4.46. The summed E-state index contributed by atoms with van der Waals surface area (Å²) in [6, 6.07) is 0. The number of hydrogen-bond donors (Lipinski definition) is 4. The summed E-state index contributed by atoms with van der Waals surface area (Å²) < 4.78 is 0. The van der Waals surface area contributed by atoms with Crippen LogP contribution in [0.3, 0.4) is 0 Å². The average Bonchev–Trinajstić information content (AvgIpc) is 2.43. The Labute approximate surface area is 109 Å². The van der Waals surface area contributed by atoms with E-state index in [1.54, 1.807) is 0 Å². The Morgan fingerprint density at radius 2 is 1.67 bits per heavy atom. The topological polar surface area (TPSA) is 103 Å². The highest BCUT2D eigenvalue weighted by Gasteiger charge is 2.11. The number of aliphatic hydroxyl groups is 1. The minimum Gasteiger partial charge on any atom is -0.395 e. The van der Waals surface area contributed by atoms with Crippen molar-refractivity contribution in [3.63, 3.8) is 0 Å². The number of hydrogen-bond acceptors (Lipinski definition) is 5. The fourth-order valence-electron chi connectivity index (χ4n) is 2.01. The number of rotatable bonds is 5. The first-order valence-corrected chi connectivity index (χ1v) is 6.54. The third-order valence-electron chi connectivity index (χ3n) is 3.07. The molecule has 0 spiro atoms. The van der Waals surface area contributed by atoms with Gasteiger partial charge in [-0.25, -0.2) is 0 Å². The molecule has 0 aliphatic carbocycles. The van der Waals surface area contributed by atoms with Gasteiger partial charge in [-0.3, -0.25) is 14.8 Å². The number of aliphatic imine (C=N–C) groups is 1. The van der Waals surface area contributed by atoms with Crippen molar-refractivity contribution in [1.82, 2.24) is 15.1 Å². The summed E-state index contributed by atoms with van der Waals surface area (Å²) in [5.41, 5.74) is 10.6. The molecule has 106 valence electrons. The Morgan fingerprint density at radius 1 is 1.06 bits per heavy atom. The van der Waals surface area contributed by atoms with Gasteiger partial charge >= 0.3 is 0 Å². The quantitative estimate of drug-likeness (QED) is 0.320. The van der Waals surface area contributed by atoms with Crippen molar-refractivity contribution in [3.05, 3.63) is 0 Å². The molecule has 1 saturated heterocycles. The number of aliphatic hydroxyl groups excluding tert-OH is 1. The van der Waals surface area contributed by atoms with E-state index in [1.165, 1.54) is 0 Å². The summed E-state index contributed by atoms with van der Waals surface area (Å²) in [6.45, 7) is 8.38. The number of nitrogens with two attached hydrogens (primary N) is 2. The van der Waals surface area contributed by atoms with Gasteiger partial charge in [0.15, 0.2) is 5.96 Å². The predicted octanol–water partition coefficient (Wildman–Crippen LogP) is -2.54. The van der Waals surface area contributed by atoms with Gasteiger partial charge in [0.25, 0.3) is 0 Å². The van der Waals surface area contributed by atoms with Crippen LogP contribution in [0.5, 0.6) is 0 Å². The minimum atomic E-state index is 0.152. The van der Waals surface area contributed by atoms with Crippen molar-refractivity contribution < 1.29 is 5.11 Å². The number of β-amino-alcohol motifs (C(OH)–C–C–N with tert-alkyl or cyclic N) is 1. The predicted molar refractivity (Wildman–Crippen MR) is 73.5 cm³/mol. The first-order valence-electron chi connectivity index (χ1n) is 6.54. The Hall–Kier alpha value is -0.890. The lowest BCUT2D eigenvalue weighted by molar-refractivity contribution is 0.179. The van der Waals surface area contributed by atoms with E-state index in [-0.39, 0.29) is 12.6 Å². The molecule has 0 atom stereocenters. The van der Waals surface area contributed by atoms with Gasteiger partial charge in [0.1, 0.15) is 0 Å². The summed E-state index contributed by atoms with van der Waals surface area (Å²) in [4.78, 5) is 8.62. The van der Waals surface area contributed by atoms with Gasteiger partial charge in [0.05, 0.1) is 13.2 Å². The summed E-state index contributed by atoms with van der Waals surface area (Å²) in [6.07, 6.45) is 0. The van der Waals surface area contributed by atoms with Gasteiger partial charge in [-0.05, 0) is 0 Å². The summed E-state index contributed by atoms with van der Waals surface area (Å²) in [5, 5.41) is 12.4. The summed E-state index contributed by atoms with van der Waals surface area (Å²) in [7, 11) is 0. The van der Waals surface area contributed by atoms with Gasteiger partial charge in [-0.15, -0.1) is 0 Å². The molecule has 18 heavy (non-hydrogen) atoms. The van der Waals surface area contributed by atoms with E-state index < -0.39 is 0 Å². The molecule has 0 radical (unpaired) electrons. The van der Waals surface area contributed by atoms with Crippen LogP contribution in [0.2, 0.25) is 0 Å². The van der Waals surface area contributed by atoms with E-state index in [0.717, 1.165) is 52.4 Å². The van der Waals surface area contributed by atoms with Crippen LogP contribution >= 0.6 is 0 Å². The van der Waals surface area contributed by atoms with Crippen molar-refractivity contribution >= 4 is 5.96 Å². The molecule has 1 fully saturated rings. The highest BCUT2D eigenvalue weighted by Crippen LogP contribution is 1.95. The standard InChI is InChI=1S/C11H26N6O/c12-11(13)15-3-6-16-4-1-14-2-5-17(8-7-16)9-10-18/h14,18H,1-10H2,(H4,12,13,15). The van der Waals surface area contributed by atoms with Gasteiger partial charge in [0.2, 0.25) is 0 Å². The molecule has 7 heteroatoms. The second-order valence-electron chi connectivity index (χ2n) is 4.46. The molecule has 7 nitrogen and oxygen atoms in total. The van der Waals surface area contributed by atoms with E-state index in [0.29, 0.717) is 6.54 Å². The number of guanidine groups is 1. The average molecular weight is 258 g/mol. The maximum absolute atomic E-state index is 9.00. The molecule has 1 aliphatic heterocycles. The van der Waals surface area contributed by atoms with Crippen LogP contribution in [0.4, 0.5) is 0 Å². The lowest BCUT2D eigenvalue weighted by Crippen LogP contribution is -2.38. The molecular weight excluding hydrogens is 232 g/mol. The molecule has 0 bridgehead atoms. The van der Waals surface area contributed by atoms with Crippen LogP contribution in [0.15, 0.2) is 4.99 Å². The van der Waals surface area contributed by atoms with Gasteiger partial charge in [-0.2, -0.15) is 0 Å². The van der Waals surface area contributed by atoms with Gasteiger partial charge in [0, 0.05) is 52.4 Å². The van der Waals surface area contributed by atoms with Crippen LogP contribution in [-0.4, -0.2) is 86.4 Å². The minimum absolute atomic E-state index is 0.152. The third-order valence-corrected chi connectivity index (χ3v) is 3.07. The van der Waals surface area contributed by atoms with Crippen LogP contribution < -0.4 is 16.8 Å². The molecule has 1 rings (SSSR count). The molecule has 6 N–H and O–H groups in total. The first-order chi connectivity index (χ1) is 8.72. The second kappa shape index (κ2) is 9.09. The monoisotopic (exact) mass is 258 g/mol. The Balaban J connectivity index is 2.34. The largest absolute Gasteiger partial charge is 0.395 e. The zero-order valence-corrected chi connectivity index (χ0v) is 11.0. The lowest BCUT2D eigenvalue weighted by Gasteiger charge is -2.24. The molecule has 0 unspecified atom stereocenters. The highest BCUT2D eigenvalue weighted by molar-refractivity contribution is 5.75. The zero-order chi connectivity index (χ0) is 13.2. The highest BCUT2D eigenvalue weighted by atomic mass is 16.3. The fraction of sp³-hybridized carbons (Fsp3) is 0.909. The smallest absolute Gasteiger partial charge is 0.185 e. The van der Waals surface area contributed by atoms with Crippen molar-refractivity contribution in [2.24, 2.45) is 16.5 Å². The van der Waals surface area contributed by atoms with Crippen LogP contribution in [-0.2, 0) is 0 Å². The molecule has 0 aromatic carbocycles. The van der Waals surface area contributed by atoms with Crippen molar-refractivity contribution in [3.8, 4) is 0 Å². The Bertz CT molecular complexity index is 244. The SMILES string of the molecule is NC(N)=NCCN1CCNCCN(CCO)CC1. The lowest BCUT2D eigenvalue weighted by atomic mass is 10.4. The molecule has 0 saturated carbocycles. The maximum Gasteiger partial charge on any atom is 0.185 e. The van der Waals surface area contributed by atoms with E-state index in [4.69, 9.17) is 16.6 Å². The first kappa shape index (κ1) is 15.2. The molecule has 1 heterocycles. The van der Waals surface area contributed by atoms with E-state index >= 15 is 0 Å². The van der Waals surface area contributed by atoms with E-state index in [1.807, 2.05) is 0 Å². The van der Waals surface area contributed by atoms with E-state index in [9.17, 15) is 0 Å². The molecule has 1 aliphatic rings. The molecular formula is C11H26N6O. The Kier molecular flexibility index (Phi) is 7.66. The zero-order valence-electron chi connectivity index (χ0n) is 11.0. The molecule has 0 amide bonds. The summed E-state index contributed by atoms with van der Waals surface area (Å²) in [5.74, 6) is 0.152.